The highest BCUT2D eigenvalue weighted by Gasteiger charge is 2.19. The number of aliphatic hydroxyl groups excluding tert-OH is 1. The summed E-state index contributed by atoms with van der Waals surface area (Å²) in [7, 11) is 0. The third-order valence-corrected chi connectivity index (χ3v) is 14.6. The van der Waals surface area contributed by atoms with Crippen molar-refractivity contribution in [3.05, 3.63) is 0 Å². The Labute approximate surface area is 459 Å². The molecule has 442 valence electrons. The first kappa shape index (κ1) is 72.7. The van der Waals surface area contributed by atoms with Gasteiger partial charge in [-0.15, -0.1) is 0 Å². The number of nitrogens with zero attached hydrogens (tertiary/aromatic N) is 1. The van der Waals surface area contributed by atoms with Gasteiger partial charge in [-0.05, 0) is 76.8 Å². The van der Waals surface area contributed by atoms with E-state index >= 15 is 0 Å². The predicted molar refractivity (Wildman–Crippen MR) is 312 cm³/mol. The van der Waals surface area contributed by atoms with Gasteiger partial charge in [-0.2, -0.15) is 0 Å². The summed E-state index contributed by atoms with van der Waals surface area (Å²) in [6.07, 6.45) is 47.6. The van der Waals surface area contributed by atoms with Crippen molar-refractivity contribution in [1.82, 2.24) is 4.90 Å². The zero-order valence-corrected chi connectivity index (χ0v) is 50.2. The van der Waals surface area contributed by atoms with Crippen molar-refractivity contribution in [2.75, 3.05) is 59.3 Å². The molecule has 1 unspecified atom stereocenters. The Morgan fingerprint density at radius 2 is 0.622 bits per heavy atom. The molecule has 0 saturated carbocycles. The summed E-state index contributed by atoms with van der Waals surface area (Å²) in [5.74, 6) is 0.233. The minimum Gasteiger partial charge on any atom is -0.466 e. The summed E-state index contributed by atoms with van der Waals surface area (Å²) in [5, 5.41) is 10.4. The zero-order chi connectivity index (χ0) is 54.1. The lowest BCUT2D eigenvalue weighted by molar-refractivity contribution is -0.159. The van der Waals surface area contributed by atoms with Crippen LogP contribution in [0.4, 0.5) is 0 Å². The van der Waals surface area contributed by atoms with Crippen molar-refractivity contribution in [2.45, 2.75) is 336 Å². The fraction of sp³-hybridized carbons (Fsp3) is 0.969. The van der Waals surface area contributed by atoms with E-state index in [9.17, 15) is 14.7 Å². The Morgan fingerprint density at radius 3 is 0.892 bits per heavy atom. The Hall–Kier alpha value is -1.30. The van der Waals surface area contributed by atoms with Crippen LogP contribution in [0.1, 0.15) is 318 Å². The van der Waals surface area contributed by atoms with Crippen molar-refractivity contribution >= 4 is 11.9 Å². The first-order valence-electron chi connectivity index (χ1n) is 32.4. The van der Waals surface area contributed by atoms with Gasteiger partial charge in [-0.3, -0.25) is 14.5 Å². The van der Waals surface area contributed by atoms with Gasteiger partial charge in [0, 0.05) is 45.3 Å². The Morgan fingerprint density at radius 1 is 0.365 bits per heavy atom. The topological polar surface area (TPSA) is 113 Å². The summed E-state index contributed by atoms with van der Waals surface area (Å²) in [4.78, 5) is 27.9. The molecule has 0 spiro atoms. The van der Waals surface area contributed by atoms with E-state index in [0.29, 0.717) is 71.2 Å². The number of hydrogen-bond donors (Lipinski definition) is 1. The first-order chi connectivity index (χ1) is 36.3. The molecule has 0 saturated heterocycles. The van der Waals surface area contributed by atoms with Crippen LogP contribution in [0, 0.1) is 5.92 Å². The molecule has 0 radical (unpaired) electrons. The molecule has 0 aliphatic carbocycles. The zero-order valence-electron chi connectivity index (χ0n) is 50.2. The maximum absolute atomic E-state index is 12.7. The minimum atomic E-state index is -0.332. The molecular formula is C64H127NO9. The monoisotopic (exact) mass is 1050 g/mol. The van der Waals surface area contributed by atoms with Gasteiger partial charge in [0.15, 0.2) is 12.6 Å². The van der Waals surface area contributed by atoms with Crippen LogP contribution in [0.2, 0.25) is 0 Å². The highest BCUT2D eigenvalue weighted by Crippen LogP contribution is 2.18. The number of carbonyl (C=O) groups is 2. The summed E-state index contributed by atoms with van der Waals surface area (Å²) in [6.45, 7) is 19.4. The predicted octanol–water partition coefficient (Wildman–Crippen LogP) is 18.0. The van der Waals surface area contributed by atoms with Crippen LogP contribution in [0.25, 0.3) is 0 Å². The molecule has 0 aromatic carbocycles. The summed E-state index contributed by atoms with van der Waals surface area (Å²) < 4.78 is 35.9. The SMILES string of the molecule is CCCCCCCCCOC(CCC(=O)OCCCCCCCN(CCCCCCCOC(=O)CCC(OCCCCCCCCC)OCCCCCCCCC)C(CO)CC(C)C)OCCCCCCCCC. The number of carbonyl (C=O) groups excluding carboxylic acids is 2. The summed E-state index contributed by atoms with van der Waals surface area (Å²) >= 11 is 0. The van der Waals surface area contributed by atoms with Crippen molar-refractivity contribution < 1.29 is 43.1 Å². The Kier molecular flexibility index (Phi) is 58.3. The second kappa shape index (κ2) is 59.4. The molecule has 1 N–H and O–H groups in total. The number of ether oxygens (including phenoxy) is 6. The average Bonchev–Trinajstić information content (AvgIpc) is 3.39. The quantitative estimate of drug-likeness (QED) is 0.0359. The van der Waals surface area contributed by atoms with E-state index in [2.05, 4.69) is 46.4 Å². The van der Waals surface area contributed by atoms with E-state index in [1.165, 1.54) is 154 Å². The summed E-state index contributed by atoms with van der Waals surface area (Å²) in [5.41, 5.74) is 0. The number of unbranched alkanes of at least 4 members (excludes halogenated alkanes) is 32. The molecule has 0 rings (SSSR count). The van der Waals surface area contributed by atoms with Crippen molar-refractivity contribution in [1.29, 1.82) is 0 Å². The van der Waals surface area contributed by atoms with Crippen LogP contribution in [-0.4, -0.2) is 99.9 Å². The molecule has 0 heterocycles. The maximum atomic E-state index is 12.7. The molecule has 0 amide bonds. The molecule has 74 heavy (non-hydrogen) atoms. The van der Waals surface area contributed by atoms with Crippen LogP contribution >= 0.6 is 0 Å². The van der Waals surface area contributed by atoms with E-state index in [4.69, 9.17) is 28.4 Å². The highest BCUT2D eigenvalue weighted by atomic mass is 16.7. The van der Waals surface area contributed by atoms with Crippen molar-refractivity contribution in [2.24, 2.45) is 5.92 Å². The van der Waals surface area contributed by atoms with E-state index < -0.39 is 0 Å². The molecule has 1 atom stereocenters. The van der Waals surface area contributed by atoms with Crippen LogP contribution in [0.5, 0.6) is 0 Å². The lowest BCUT2D eigenvalue weighted by atomic mass is 10.0. The van der Waals surface area contributed by atoms with Gasteiger partial charge < -0.3 is 33.5 Å². The first-order valence-corrected chi connectivity index (χ1v) is 32.4. The van der Waals surface area contributed by atoms with Crippen LogP contribution < -0.4 is 0 Å². The highest BCUT2D eigenvalue weighted by molar-refractivity contribution is 5.69. The Balaban J connectivity index is 4.50. The number of aliphatic hydroxyl groups is 1. The van der Waals surface area contributed by atoms with Gasteiger partial charge in [0.1, 0.15) is 0 Å². The van der Waals surface area contributed by atoms with Crippen LogP contribution in [-0.2, 0) is 38.0 Å². The third kappa shape index (κ3) is 52.7. The van der Waals surface area contributed by atoms with Gasteiger partial charge >= 0.3 is 11.9 Å². The smallest absolute Gasteiger partial charge is 0.305 e. The molecule has 0 bridgehead atoms. The van der Waals surface area contributed by atoms with Gasteiger partial charge in [0.2, 0.25) is 0 Å². The van der Waals surface area contributed by atoms with E-state index in [1.54, 1.807) is 0 Å². The standard InChI is InChI=1S/C64H127NO9/c1-7-11-15-19-23-31-41-53-71-63(72-54-42-32-24-20-16-12-8-2)47-45-61(67)69-51-39-35-27-29-37-49-65(60(58-66)57-59(5)6)50-38-30-28-36-40-52-70-62(68)46-48-64(73-55-43-33-25-21-17-13-9-3)74-56-44-34-26-22-18-14-10-4/h59-60,63-64,66H,7-58H2,1-6H3. The van der Waals surface area contributed by atoms with E-state index in [0.717, 1.165) is 109 Å². The molecule has 0 aromatic heterocycles. The fourth-order valence-electron chi connectivity index (χ4n) is 9.77. The van der Waals surface area contributed by atoms with E-state index in [1.807, 2.05) is 0 Å². The molecule has 10 nitrogen and oxygen atoms in total. The fourth-order valence-corrected chi connectivity index (χ4v) is 9.77. The minimum absolute atomic E-state index is 0.150. The van der Waals surface area contributed by atoms with Crippen molar-refractivity contribution in [3.8, 4) is 0 Å². The number of esters is 2. The molecule has 10 heteroatoms. The maximum Gasteiger partial charge on any atom is 0.305 e. The number of hydrogen-bond acceptors (Lipinski definition) is 10. The normalized spacial score (nSPS) is 12.3. The lowest BCUT2D eigenvalue weighted by Crippen LogP contribution is -2.40. The molecule has 0 aliphatic heterocycles. The van der Waals surface area contributed by atoms with Gasteiger partial charge in [0.05, 0.1) is 32.7 Å². The molecule has 0 aliphatic rings. The lowest BCUT2D eigenvalue weighted by Gasteiger charge is -2.32. The van der Waals surface area contributed by atoms with Crippen molar-refractivity contribution in [3.63, 3.8) is 0 Å². The number of rotatable bonds is 62. The van der Waals surface area contributed by atoms with E-state index in [-0.39, 0.29) is 37.2 Å². The van der Waals surface area contributed by atoms with Gasteiger partial charge in [-0.25, -0.2) is 0 Å². The second-order valence-electron chi connectivity index (χ2n) is 22.4. The summed E-state index contributed by atoms with van der Waals surface area (Å²) in [6, 6.07) is 0.195. The largest absolute Gasteiger partial charge is 0.466 e. The van der Waals surface area contributed by atoms with Gasteiger partial charge in [0.25, 0.3) is 0 Å². The average molecular weight is 1050 g/mol. The second-order valence-corrected chi connectivity index (χ2v) is 22.4. The molecular weight excluding hydrogens is 927 g/mol. The van der Waals surface area contributed by atoms with Gasteiger partial charge in [-0.1, -0.05) is 234 Å². The van der Waals surface area contributed by atoms with Crippen LogP contribution in [0.3, 0.4) is 0 Å². The Bertz CT molecular complexity index is 1010. The molecule has 0 aromatic rings. The van der Waals surface area contributed by atoms with Crippen LogP contribution in [0.15, 0.2) is 0 Å². The molecule has 0 fully saturated rings. The third-order valence-electron chi connectivity index (χ3n) is 14.6.